The number of ether oxygens (including phenoxy) is 1. The van der Waals surface area contributed by atoms with Gasteiger partial charge in [0.15, 0.2) is 0 Å². The van der Waals surface area contributed by atoms with E-state index in [4.69, 9.17) is 4.74 Å². The monoisotopic (exact) mass is 365 g/mol. The quantitative estimate of drug-likeness (QED) is 0.772. The maximum atomic E-state index is 12.4. The molecule has 10 heteroatoms. The lowest BCUT2D eigenvalue weighted by Gasteiger charge is -2.33. The normalized spacial score (nSPS) is 21.0. The minimum atomic E-state index is -4.89. The highest BCUT2D eigenvalue weighted by atomic mass is 19.4. The molecule has 2 aliphatic heterocycles. The van der Waals surface area contributed by atoms with Crippen LogP contribution in [0.25, 0.3) is 0 Å². The molecular formula is C15H22F3N3O4. The first-order chi connectivity index (χ1) is 11.7. The molecule has 2 fully saturated rings. The number of morpholine rings is 1. The van der Waals surface area contributed by atoms with Crippen LogP contribution in [-0.4, -0.2) is 79.1 Å². The van der Waals surface area contributed by atoms with Crippen LogP contribution < -0.4 is 5.32 Å². The molecule has 142 valence electrons. The van der Waals surface area contributed by atoms with Crippen molar-refractivity contribution in [3.63, 3.8) is 0 Å². The van der Waals surface area contributed by atoms with E-state index < -0.39 is 24.0 Å². The molecule has 0 bridgehead atoms. The first kappa shape index (κ1) is 19.5. The van der Waals surface area contributed by atoms with Gasteiger partial charge in [-0.3, -0.25) is 14.4 Å². The van der Waals surface area contributed by atoms with Gasteiger partial charge in [-0.25, -0.2) is 0 Å². The molecule has 2 aliphatic rings. The van der Waals surface area contributed by atoms with E-state index in [-0.39, 0.29) is 37.7 Å². The molecule has 0 spiro atoms. The van der Waals surface area contributed by atoms with Crippen LogP contribution in [0.1, 0.15) is 19.8 Å². The van der Waals surface area contributed by atoms with E-state index in [0.717, 1.165) is 0 Å². The maximum absolute atomic E-state index is 12.4. The topological polar surface area (TPSA) is 79.0 Å². The minimum absolute atomic E-state index is 0.123. The SMILES string of the molecule is C[C@@H](NC(=O)C1CCN(C(=O)C(F)(F)F)CC1)C(=O)N1CCOCC1. The van der Waals surface area contributed by atoms with Gasteiger partial charge in [0.1, 0.15) is 6.04 Å². The standard InChI is InChI=1S/C15H22F3N3O4/c1-10(13(23)20-6-8-25-9-7-20)19-12(22)11-2-4-21(5-3-11)14(24)15(16,17)18/h10-11H,2-9H2,1H3,(H,19,22)/t10-/m1/s1. The average molecular weight is 365 g/mol. The molecule has 2 saturated heterocycles. The third-order valence-corrected chi connectivity index (χ3v) is 4.45. The number of likely N-dealkylation sites (tertiary alicyclic amines) is 1. The largest absolute Gasteiger partial charge is 0.471 e. The Morgan fingerprint density at radius 2 is 1.60 bits per heavy atom. The van der Waals surface area contributed by atoms with Gasteiger partial charge in [-0.1, -0.05) is 0 Å². The molecule has 0 radical (unpaired) electrons. The summed E-state index contributed by atoms with van der Waals surface area (Å²) in [6.07, 6.45) is -4.60. The van der Waals surface area contributed by atoms with Gasteiger partial charge in [0.05, 0.1) is 13.2 Å². The van der Waals surface area contributed by atoms with Gasteiger partial charge < -0.3 is 19.9 Å². The van der Waals surface area contributed by atoms with Crippen molar-refractivity contribution in [2.24, 2.45) is 5.92 Å². The molecule has 0 unspecified atom stereocenters. The molecule has 1 N–H and O–H groups in total. The van der Waals surface area contributed by atoms with Gasteiger partial charge in [0.2, 0.25) is 11.8 Å². The molecule has 7 nitrogen and oxygen atoms in total. The second-order valence-corrected chi connectivity index (χ2v) is 6.23. The van der Waals surface area contributed by atoms with Gasteiger partial charge >= 0.3 is 12.1 Å². The molecule has 0 aromatic carbocycles. The van der Waals surface area contributed by atoms with Crippen LogP contribution in [0.3, 0.4) is 0 Å². The van der Waals surface area contributed by atoms with Crippen molar-refractivity contribution in [2.45, 2.75) is 32.0 Å². The highest BCUT2D eigenvalue weighted by Crippen LogP contribution is 2.24. The third kappa shape index (κ3) is 5.07. The van der Waals surface area contributed by atoms with Crippen molar-refractivity contribution in [3.05, 3.63) is 0 Å². The number of nitrogens with zero attached hydrogens (tertiary/aromatic N) is 2. The fourth-order valence-electron chi connectivity index (χ4n) is 2.97. The van der Waals surface area contributed by atoms with Crippen LogP contribution in [0.5, 0.6) is 0 Å². The van der Waals surface area contributed by atoms with E-state index in [1.807, 2.05) is 0 Å². The van der Waals surface area contributed by atoms with Crippen LogP contribution in [-0.2, 0) is 19.1 Å². The Morgan fingerprint density at radius 1 is 1.04 bits per heavy atom. The summed E-state index contributed by atoms with van der Waals surface area (Å²) in [5, 5.41) is 2.62. The zero-order valence-electron chi connectivity index (χ0n) is 14.0. The number of alkyl halides is 3. The number of hydrogen-bond acceptors (Lipinski definition) is 4. The predicted octanol–water partition coefficient (Wildman–Crippen LogP) is 0.151. The van der Waals surface area contributed by atoms with Gasteiger partial charge in [0.25, 0.3) is 0 Å². The Labute approximate surface area is 143 Å². The van der Waals surface area contributed by atoms with E-state index in [9.17, 15) is 27.6 Å². The molecule has 1 atom stereocenters. The van der Waals surface area contributed by atoms with Crippen LogP contribution in [0, 0.1) is 5.92 Å². The molecule has 0 aromatic rings. The number of amides is 3. The Kier molecular flexibility index (Phi) is 6.26. The molecule has 2 heterocycles. The van der Waals surface area contributed by atoms with Crippen LogP contribution in [0.15, 0.2) is 0 Å². The lowest BCUT2D eigenvalue weighted by molar-refractivity contribution is -0.186. The minimum Gasteiger partial charge on any atom is -0.378 e. The van der Waals surface area contributed by atoms with Crippen LogP contribution in [0.4, 0.5) is 13.2 Å². The number of nitrogens with one attached hydrogen (secondary N) is 1. The van der Waals surface area contributed by atoms with Gasteiger partial charge in [-0.2, -0.15) is 13.2 Å². The summed E-state index contributed by atoms with van der Waals surface area (Å²) in [5.41, 5.74) is 0. The van der Waals surface area contributed by atoms with E-state index in [1.165, 1.54) is 0 Å². The Bertz CT molecular complexity index is 513. The fourth-order valence-corrected chi connectivity index (χ4v) is 2.97. The summed E-state index contributed by atoms with van der Waals surface area (Å²) in [6.45, 7) is 3.19. The van der Waals surface area contributed by atoms with Crippen molar-refractivity contribution in [2.75, 3.05) is 39.4 Å². The average Bonchev–Trinajstić information content (AvgIpc) is 2.60. The van der Waals surface area contributed by atoms with Crippen molar-refractivity contribution < 1.29 is 32.3 Å². The molecule has 25 heavy (non-hydrogen) atoms. The molecular weight excluding hydrogens is 343 g/mol. The zero-order valence-corrected chi connectivity index (χ0v) is 14.0. The zero-order chi connectivity index (χ0) is 18.6. The van der Waals surface area contributed by atoms with E-state index in [0.29, 0.717) is 31.2 Å². The fraction of sp³-hybridized carbons (Fsp3) is 0.800. The summed E-state index contributed by atoms with van der Waals surface area (Å²) in [7, 11) is 0. The molecule has 0 aromatic heterocycles. The van der Waals surface area contributed by atoms with E-state index in [1.54, 1.807) is 11.8 Å². The van der Waals surface area contributed by atoms with E-state index in [2.05, 4.69) is 5.32 Å². The number of halogens is 3. The summed E-state index contributed by atoms with van der Waals surface area (Å²) < 4.78 is 42.4. The number of carbonyl (C=O) groups excluding carboxylic acids is 3. The van der Waals surface area contributed by atoms with Crippen LogP contribution in [0.2, 0.25) is 0 Å². The Hall–Kier alpha value is -1.84. The lowest BCUT2D eigenvalue weighted by Crippen LogP contribution is -2.53. The highest BCUT2D eigenvalue weighted by Gasteiger charge is 2.43. The Morgan fingerprint density at radius 3 is 2.12 bits per heavy atom. The molecule has 0 aliphatic carbocycles. The molecule has 3 amide bonds. The van der Waals surface area contributed by atoms with Crippen LogP contribution >= 0.6 is 0 Å². The number of rotatable bonds is 3. The first-order valence-electron chi connectivity index (χ1n) is 8.23. The summed E-state index contributed by atoms with van der Waals surface area (Å²) in [5.74, 6) is -2.95. The lowest BCUT2D eigenvalue weighted by atomic mass is 9.95. The van der Waals surface area contributed by atoms with Crippen molar-refractivity contribution in [1.29, 1.82) is 0 Å². The highest BCUT2D eigenvalue weighted by molar-refractivity contribution is 5.88. The van der Waals surface area contributed by atoms with E-state index >= 15 is 0 Å². The van der Waals surface area contributed by atoms with Crippen molar-refractivity contribution >= 4 is 17.7 Å². The number of piperidine rings is 1. The smallest absolute Gasteiger partial charge is 0.378 e. The van der Waals surface area contributed by atoms with Gasteiger partial charge in [-0.05, 0) is 19.8 Å². The Balaban J connectivity index is 1.80. The predicted molar refractivity (Wildman–Crippen MR) is 80.4 cm³/mol. The second kappa shape index (κ2) is 8.03. The summed E-state index contributed by atoms with van der Waals surface area (Å²) in [4.78, 5) is 38.0. The molecule has 0 saturated carbocycles. The first-order valence-corrected chi connectivity index (χ1v) is 8.23. The van der Waals surface area contributed by atoms with Crippen molar-refractivity contribution in [3.8, 4) is 0 Å². The van der Waals surface area contributed by atoms with Gasteiger partial charge in [-0.15, -0.1) is 0 Å². The molecule has 2 rings (SSSR count). The van der Waals surface area contributed by atoms with Crippen molar-refractivity contribution in [1.82, 2.24) is 15.1 Å². The number of hydrogen-bond donors (Lipinski definition) is 1. The summed E-state index contributed by atoms with van der Waals surface area (Å²) in [6, 6.07) is -0.708. The third-order valence-electron chi connectivity index (χ3n) is 4.45. The number of carbonyl (C=O) groups is 3. The second-order valence-electron chi connectivity index (χ2n) is 6.23. The van der Waals surface area contributed by atoms with Gasteiger partial charge in [0, 0.05) is 32.1 Å². The summed E-state index contributed by atoms with van der Waals surface area (Å²) >= 11 is 0. The maximum Gasteiger partial charge on any atom is 0.471 e.